The van der Waals surface area contributed by atoms with Gasteiger partial charge in [0, 0.05) is 6.54 Å². The summed E-state index contributed by atoms with van der Waals surface area (Å²) in [4.78, 5) is 23.8. The van der Waals surface area contributed by atoms with Gasteiger partial charge in [-0.2, -0.15) is 0 Å². The summed E-state index contributed by atoms with van der Waals surface area (Å²) in [6, 6.07) is 3.68. The Kier molecular flexibility index (Phi) is 2.86. The molecule has 0 atom stereocenters. The van der Waals surface area contributed by atoms with Gasteiger partial charge < -0.3 is 10.0 Å². The minimum atomic E-state index is -3.66. The summed E-state index contributed by atoms with van der Waals surface area (Å²) in [7, 11) is -3.66. The molecule has 1 aliphatic heterocycles. The van der Waals surface area contributed by atoms with Crippen LogP contribution in [-0.4, -0.2) is 37.7 Å². The zero-order valence-corrected chi connectivity index (χ0v) is 10.4. The van der Waals surface area contributed by atoms with Crippen molar-refractivity contribution < 1.29 is 23.1 Å². The lowest BCUT2D eigenvalue weighted by Crippen LogP contribution is -2.40. The number of benzene rings is 1. The van der Waals surface area contributed by atoms with Crippen molar-refractivity contribution in [1.82, 2.24) is 0 Å². The van der Waals surface area contributed by atoms with Gasteiger partial charge in [-0.3, -0.25) is 4.79 Å². The molecule has 1 aliphatic rings. The number of aromatic carboxylic acids is 1. The van der Waals surface area contributed by atoms with E-state index < -0.39 is 27.5 Å². The number of hydrogen-bond acceptors (Lipinski definition) is 4. The second-order valence-corrected chi connectivity index (χ2v) is 5.84. The highest BCUT2D eigenvalue weighted by molar-refractivity contribution is 7.92. The molecule has 2 rings (SSSR count). The van der Waals surface area contributed by atoms with Crippen LogP contribution in [0.3, 0.4) is 0 Å². The molecule has 6 nitrogen and oxygen atoms in total. The van der Waals surface area contributed by atoms with Crippen LogP contribution in [0.5, 0.6) is 0 Å². The summed E-state index contributed by atoms with van der Waals surface area (Å²) in [5.74, 6) is -2.27. The van der Waals surface area contributed by atoms with Gasteiger partial charge in [-0.05, 0) is 25.1 Å². The van der Waals surface area contributed by atoms with Crippen molar-refractivity contribution >= 4 is 27.4 Å². The number of nitrogens with zero attached hydrogens (tertiary/aromatic N) is 1. The Morgan fingerprint density at radius 3 is 2.67 bits per heavy atom. The Bertz CT molecular complexity index is 635. The number of carboxylic acid groups (broad SMARTS) is 1. The maximum atomic E-state index is 11.8. The molecule has 1 amide bonds. The Balaban J connectivity index is 2.71. The molecular formula is C11H11NO5S. The zero-order valence-electron chi connectivity index (χ0n) is 9.58. The van der Waals surface area contributed by atoms with Gasteiger partial charge in [-0.15, -0.1) is 0 Å². The van der Waals surface area contributed by atoms with Crippen LogP contribution in [0.15, 0.2) is 23.1 Å². The predicted octanol–water partition coefficient (Wildman–Crippen LogP) is 0.525. The Morgan fingerprint density at radius 2 is 2.11 bits per heavy atom. The van der Waals surface area contributed by atoms with Crippen molar-refractivity contribution in [3.8, 4) is 0 Å². The third kappa shape index (κ3) is 1.86. The van der Waals surface area contributed by atoms with Crippen LogP contribution < -0.4 is 4.90 Å². The van der Waals surface area contributed by atoms with Crippen molar-refractivity contribution in [1.29, 1.82) is 0 Å². The van der Waals surface area contributed by atoms with E-state index in [1.807, 2.05) is 0 Å². The maximum Gasteiger partial charge on any atom is 0.335 e. The molecule has 0 saturated heterocycles. The van der Waals surface area contributed by atoms with Gasteiger partial charge in [0.15, 0.2) is 9.84 Å². The topological polar surface area (TPSA) is 91.8 Å². The summed E-state index contributed by atoms with van der Waals surface area (Å²) in [5.41, 5.74) is 0.103. The van der Waals surface area contributed by atoms with Gasteiger partial charge in [-0.1, -0.05) is 0 Å². The molecule has 7 heteroatoms. The van der Waals surface area contributed by atoms with E-state index in [9.17, 15) is 18.0 Å². The van der Waals surface area contributed by atoms with Crippen molar-refractivity contribution in [2.45, 2.75) is 11.8 Å². The highest BCUT2D eigenvalue weighted by Crippen LogP contribution is 2.31. The maximum absolute atomic E-state index is 11.8. The number of carbonyl (C=O) groups excluding carboxylic acids is 1. The van der Waals surface area contributed by atoms with Crippen molar-refractivity contribution in [3.05, 3.63) is 23.8 Å². The van der Waals surface area contributed by atoms with E-state index in [2.05, 4.69) is 0 Å². The smallest absolute Gasteiger partial charge is 0.335 e. The van der Waals surface area contributed by atoms with Crippen molar-refractivity contribution in [3.63, 3.8) is 0 Å². The van der Waals surface area contributed by atoms with E-state index in [1.54, 1.807) is 6.92 Å². The highest BCUT2D eigenvalue weighted by atomic mass is 32.2. The Hall–Kier alpha value is -1.89. The van der Waals surface area contributed by atoms with Gasteiger partial charge >= 0.3 is 5.97 Å². The van der Waals surface area contributed by atoms with Crippen LogP contribution in [0.2, 0.25) is 0 Å². The first-order valence-corrected chi connectivity index (χ1v) is 6.92. The fourth-order valence-electron chi connectivity index (χ4n) is 1.92. The molecule has 0 fully saturated rings. The van der Waals surface area contributed by atoms with Gasteiger partial charge in [0.25, 0.3) is 0 Å². The number of hydrogen-bond donors (Lipinski definition) is 1. The molecule has 1 aromatic rings. The van der Waals surface area contributed by atoms with Crippen molar-refractivity contribution in [2.75, 3.05) is 17.2 Å². The van der Waals surface area contributed by atoms with E-state index >= 15 is 0 Å². The van der Waals surface area contributed by atoms with E-state index in [1.165, 1.54) is 23.1 Å². The molecule has 1 N–H and O–H groups in total. The van der Waals surface area contributed by atoms with Crippen molar-refractivity contribution in [2.24, 2.45) is 0 Å². The first kappa shape index (κ1) is 12.6. The van der Waals surface area contributed by atoms with Crippen LogP contribution in [0.25, 0.3) is 0 Å². The largest absolute Gasteiger partial charge is 0.478 e. The molecule has 0 saturated carbocycles. The fraction of sp³-hybridized carbons (Fsp3) is 0.273. The van der Waals surface area contributed by atoms with E-state index in [-0.39, 0.29) is 16.1 Å². The lowest BCUT2D eigenvalue weighted by molar-refractivity contribution is -0.116. The zero-order chi connectivity index (χ0) is 13.5. The normalized spacial score (nSPS) is 17.4. The third-order valence-electron chi connectivity index (χ3n) is 2.76. The van der Waals surface area contributed by atoms with Crippen LogP contribution in [-0.2, 0) is 14.6 Å². The molecule has 18 heavy (non-hydrogen) atoms. The number of rotatable bonds is 2. The molecule has 0 radical (unpaired) electrons. The highest BCUT2D eigenvalue weighted by Gasteiger charge is 2.34. The van der Waals surface area contributed by atoms with Crippen LogP contribution in [0.1, 0.15) is 17.3 Å². The number of sulfone groups is 1. The summed E-state index contributed by atoms with van der Waals surface area (Å²) < 4.78 is 23.7. The second kappa shape index (κ2) is 4.09. The SMILES string of the molecule is CCN1C(=O)CS(=O)(=O)c2ccc(C(=O)O)cc21. The van der Waals surface area contributed by atoms with E-state index in [4.69, 9.17) is 5.11 Å². The quantitative estimate of drug-likeness (QED) is 0.845. The van der Waals surface area contributed by atoms with Gasteiger partial charge in [0.1, 0.15) is 5.75 Å². The average molecular weight is 269 g/mol. The molecule has 0 aromatic heterocycles. The predicted molar refractivity (Wildman–Crippen MR) is 63.5 cm³/mol. The lowest BCUT2D eigenvalue weighted by atomic mass is 10.2. The molecule has 0 unspecified atom stereocenters. The third-order valence-corrected chi connectivity index (χ3v) is 4.40. The van der Waals surface area contributed by atoms with Gasteiger partial charge in [0.05, 0.1) is 16.1 Å². The Labute approximate surface area is 104 Å². The molecule has 0 bridgehead atoms. The monoisotopic (exact) mass is 269 g/mol. The van der Waals surface area contributed by atoms with Gasteiger partial charge in [-0.25, -0.2) is 13.2 Å². The number of carbonyl (C=O) groups is 2. The molecular weight excluding hydrogens is 258 g/mol. The van der Waals surface area contributed by atoms with Crippen LogP contribution in [0, 0.1) is 0 Å². The number of anilines is 1. The molecule has 1 aromatic carbocycles. The second-order valence-electron chi connectivity index (χ2n) is 3.88. The number of carboxylic acids is 1. The summed E-state index contributed by atoms with van der Waals surface area (Å²) >= 11 is 0. The van der Waals surface area contributed by atoms with Crippen LogP contribution >= 0.6 is 0 Å². The molecule has 0 spiro atoms. The molecule has 0 aliphatic carbocycles. The minimum Gasteiger partial charge on any atom is -0.478 e. The summed E-state index contributed by atoms with van der Waals surface area (Å²) in [6.07, 6.45) is 0. The van der Waals surface area contributed by atoms with Gasteiger partial charge in [0.2, 0.25) is 5.91 Å². The van der Waals surface area contributed by atoms with Crippen LogP contribution in [0.4, 0.5) is 5.69 Å². The molecule has 1 heterocycles. The molecule has 96 valence electrons. The summed E-state index contributed by atoms with van der Waals surface area (Å²) in [5, 5.41) is 8.89. The average Bonchev–Trinajstić information content (AvgIpc) is 2.27. The first-order chi connectivity index (χ1) is 8.36. The number of amides is 1. The standard InChI is InChI=1S/C11H11NO5S/c1-2-12-8-5-7(11(14)15)3-4-9(8)18(16,17)6-10(12)13/h3-5H,2,6H2,1H3,(H,14,15). The minimum absolute atomic E-state index is 0.00829. The number of fused-ring (bicyclic) bond motifs is 1. The lowest BCUT2D eigenvalue weighted by Gasteiger charge is -2.28. The van der Waals surface area contributed by atoms with E-state index in [0.29, 0.717) is 6.54 Å². The fourth-order valence-corrected chi connectivity index (χ4v) is 3.32. The van der Waals surface area contributed by atoms with E-state index in [0.717, 1.165) is 0 Å². The Morgan fingerprint density at radius 1 is 1.44 bits per heavy atom. The first-order valence-electron chi connectivity index (χ1n) is 5.27. The summed E-state index contributed by atoms with van der Waals surface area (Å²) in [6.45, 7) is 2.00.